The molecule has 0 saturated carbocycles. The van der Waals surface area contributed by atoms with Crippen molar-refractivity contribution in [2.45, 2.75) is 37.4 Å². The van der Waals surface area contributed by atoms with Crippen LogP contribution in [0.15, 0.2) is 181 Å². The second-order valence-corrected chi connectivity index (χ2v) is 18.1. The zero-order valence-corrected chi connectivity index (χ0v) is 36.3. The number of hydrogen-bond acceptors (Lipinski definition) is 6. The number of fused-ring (bicyclic) bond motifs is 4. The smallest absolute Gasteiger partial charge is 0.305 e. The summed E-state index contributed by atoms with van der Waals surface area (Å²) in [7, 11) is 2.89. The second kappa shape index (κ2) is 17.1. The Balaban J connectivity index is 1.15. The molecule has 0 spiro atoms. The molecule has 1 atom stereocenters. The van der Waals surface area contributed by atoms with Crippen LogP contribution in [0.2, 0.25) is 0 Å². The van der Waals surface area contributed by atoms with Crippen LogP contribution in [0.3, 0.4) is 0 Å². The lowest BCUT2D eigenvalue weighted by molar-refractivity contribution is -0.141. The lowest BCUT2D eigenvalue weighted by atomic mass is 9.88. The van der Waals surface area contributed by atoms with Crippen LogP contribution in [-0.4, -0.2) is 26.2 Å². The number of thioether (sulfide) groups is 1. The number of esters is 2. The number of allylic oxidation sites excluding steroid dienone is 6. The fourth-order valence-corrected chi connectivity index (χ4v) is 11.9. The van der Waals surface area contributed by atoms with Crippen LogP contribution in [0.25, 0.3) is 69.6 Å². The molecule has 6 heteroatoms. The Hall–Kier alpha value is -6.47. The number of thiophene rings is 1. The van der Waals surface area contributed by atoms with Gasteiger partial charge in [-0.1, -0.05) is 145 Å². The molecule has 0 fully saturated rings. The van der Waals surface area contributed by atoms with Crippen molar-refractivity contribution in [3.8, 4) is 21.6 Å². The van der Waals surface area contributed by atoms with Gasteiger partial charge in [0.2, 0.25) is 0 Å². The summed E-state index contributed by atoms with van der Waals surface area (Å²) in [4.78, 5) is 27.7. The topological polar surface area (TPSA) is 52.6 Å². The second-order valence-electron chi connectivity index (χ2n) is 15.9. The Morgan fingerprint density at radius 3 is 1.74 bits per heavy atom. The number of carbonyl (C=O) groups is 2. The van der Waals surface area contributed by atoms with Gasteiger partial charge in [0.25, 0.3) is 0 Å². The van der Waals surface area contributed by atoms with E-state index in [0.717, 1.165) is 23.1 Å². The normalized spacial score (nSPS) is 16.3. The van der Waals surface area contributed by atoms with Gasteiger partial charge in [0.05, 0.1) is 19.5 Å². The molecule has 62 heavy (non-hydrogen) atoms. The van der Waals surface area contributed by atoms with E-state index in [9.17, 15) is 9.59 Å². The highest BCUT2D eigenvalue weighted by Crippen LogP contribution is 2.58. The van der Waals surface area contributed by atoms with Gasteiger partial charge in [0.15, 0.2) is 0 Å². The van der Waals surface area contributed by atoms with Crippen LogP contribution >= 0.6 is 23.1 Å². The van der Waals surface area contributed by atoms with E-state index in [1.54, 1.807) is 0 Å². The minimum absolute atomic E-state index is 0.0483. The third kappa shape index (κ3) is 7.59. The number of methoxy groups -OCH3 is 2. The van der Waals surface area contributed by atoms with E-state index < -0.39 is 0 Å². The van der Waals surface area contributed by atoms with Crippen molar-refractivity contribution >= 4 is 83.0 Å². The van der Waals surface area contributed by atoms with Gasteiger partial charge in [0, 0.05) is 38.6 Å². The quantitative estimate of drug-likeness (QED) is 0.101. The molecule has 7 aromatic carbocycles. The van der Waals surface area contributed by atoms with E-state index in [4.69, 9.17) is 9.47 Å². The Labute approximate surface area is 369 Å². The molecule has 8 aromatic rings. The van der Waals surface area contributed by atoms with E-state index in [1.165, 1.54) is 99.8 Å². The average Bonchev–Trinajstić information content (AvgIpc) is 3.97. The Morgan fingerprint density at radius 1 is 0.629 bits per heavy atom. The van der Waals surface area contributed by atoms with Gasteiger partial charge in [-0.25, -0.2) is 0 Å². The molecule has 2 aliphatic rings. The Bertz CT molecular complexity index is 3090. The molecule has 1 aliphatic heterocycles. The molecule has 10 rings (SSSR count). The average molecular weight is 845 g/mol. The number of rotatable bonds is 10. The number of benzene rings is 7. The minimum Gasteiger partial charge on any atom is -0.469 e. The van der Waals surface area contributed by atoms with Gasteiger partial charge in [-0.3, -0.25) is 9.59 Å². The highest BCUT2D eigenvalue weighted by molar-refractivity contribution is 8.09. The first kappa shape index (κ1) is 39.7. The summed E-state index contributed by atoms with van der Waals surface area (Å²) in [6.07, 6.45) is 12.0. The van der Waals surface area contributed by atoms with Crippen molar-refractivity contribution in [1.82, 2.24) is 0 Å². The fraction of sp³-hybridized carbons (Fsp3) is 0.143. The van der Waals surface area contributed by atoms with E-state index in [-0.39, 0.29) is 17.2 Å². The molecule has 0 amide bonds. The first-order valence-corrected chi connectivity index (χ1v) is 22.8. The monoisotopic (exact) mass is 844 g/mol. The number of carbonyl (C=O) groups excluding carboxylic acids is 2. The first-order chi connectivity index (χ1) is 30.4. The van der Waals surface area contributed by atoms with Crippen molar-refractivity contribution in [2.24, 2.45) is 0 Å². The fourth-order valence-electron chi connectivity index (χ4n) is 9.08. The molecule has 1 aliphatic carbocycles. The molecule has 0 saturated heterocycles. The molecular weight excluding hydrogens is 801 g/mol. The zero-order valence-electron chi connectivity index (χ0n) is 34.7. The van der Waals surface area contributed by atoms with E-state index >= 15 is 0 Å². The van der Waals surface area contributed by atoms with Gasteiger partial charge >= 0.3 is 11.9 Å². The standard InChI is InChI=1S/C56H44O4S2/c1-59-51(57)29-23-35-19-25-37(26-20-35)47-33-49(61-55(47)53-43-15-7-3-11-39(43)31-40-12-4-8-16-44(40)53)50-34-48(38-27-21-36(22-28-38)24-30-52(58)60-2)56(62-50)54-45-17-9-5-13-41(45)32-42-14-6-10-18-46(42)54/h3-22,25-27,31-34,56H,23-24,28-30H2,1-2H3/b48-38-. The van der Waals surface area contributed by atoms with Gasteiger partial charge in [-0.05, 0) is 114 Å². The molecule has 0 N–H and O–H groups in total. The van der Waals surface area contributed by atoms with Gasteiger partial charge in [-0.15, -0.1) is 23.1 Å². The number of hydrogen-bond donors (Lipinski definition) is 0. The predicted molar refractivity (Wildman–Crippen MR) is 260 cm³/mol. The lowest BCUT2D eigenvalue weighted by Crippen LogP contribution is -2.02. The summed E-state index contributed by atoms with van der Waals surface area (Å²) in [5.74, 6) is -0.390. The maximum absolute atomic E-state index is 12.0. The van der Waals surface area contributed by atoms with Crippen LogP contribution < -0.4 is 0 Å². The SMILES string of the molecule is COC(=O)CCC1=CC/C(=C2/C=C(c3cc(-c4ccc(CCC(=O)OC)cc4)c(-c4c5ccccc5cc5ccccc45)s3)SC2c2c3ccccc3cc3ccccc23)C=C1. The van der Waals surface area contributed by atoms with Crippen molar-refractivity contribution in [1.29, 1.82) is 0 Å². The van der Waals surface area contributed by atoms with Crippen LogP contribution in [0.4, 0.5) is 0 Å². The summed E-state index contributed by atoms with van der Waals surface area (Å²) in [5.41, 5.74) is 9.78. The van der Waals surface area contributed by atoms with Crippen LogP contribution in [0, 0.1) is 0 Å². The summed E-state index contributed by atoms with van der Waals surface area (Å²) in [5, 5.41) is 9.96. The summed E-state index contributed by atoms with van der Waals surface area (Å²) < 4.78 is 9.87. The van der Waals surface area contributed by atoms with E-state index in [2.05, 4.69) is 164 Å². The van der Waals surface area contributed by atoms with Crippen molar-refractivity contribution in [3.05, 3.63) is 197 Å². The van der Waals surface area contributed by atoms with Crippen LogP contribution in [0.1, 0.15) is 46.9 Å². The van der Waals surface area contributed by atoms with Gasteiger partial charge in [0.1, 0.15) is 0 Å². The third-order valence-corrected chi connectivity index (χ3v) is 14.9. The molecule has 304 valence electrons. The van der Waals surface area contributed by atoms with E-state index in [1.807, 2.05) is 23.1 Å². The Morgan fingerprint density at radius 2 is 1.18 bits per heavy atom. The highest BCUT2D eigenvalue weighted by Gasteiger charge is 2.32. The van der Waals surface area contributed by atoms with E-state index in [0.29, 0.717) is 25.7 Å². The summed E-state index contributed by atoms with van der Waals surface area (Å²) in [6.45, 7) is 0. The molecule has 1 aromatic heterocycles. The lowest BCUT2D eigenvalue weighted by Gasteiger charge is -2.21. The molecule has 2 heterocycles. The van der Waals surface area contributed by atoms with Crippen molar-refractivity contribution in [2.75, 3.05) is 14.2 Å². The maximum atomic E-state index is 12.0. The molecule has 0 radical (unpaired) electrons. The largest absolute Gasteiger partial charge is 0.469 e. The van der Waals surface area contributed by atoms with Gasteiger partial charge in [-0.2, -0.15) is 0 Å². The molecule has 4 nitrogen and oxygen atoms in total. The number of ether oxygens (including phenoxy) is 2. The third-order valence-electron chi connectivity index (χ3n) is 12.3. The van der Waals surface area contributed by atoms with Gasteiger partial charge < -0.3 is 9.47 Å². The van der Waals surface area contributed by atoms with Crippen molar-refractivity contribution < 1.29 is 19.1 Å². The maximum Gasteiger partial charge on any atom is 0.305 e. The molecule has 0 bridgehead atoms. The van der Waals surface area contributed by atoms with Crippen LogP contribution in [-0.2, 0) is 25.5 Å². The molecular formula is C56H44O4S2. The zero-order chi connectivity index (χ0) is 42.2. The summed E-state index contributed by atoms with van der Waals surface area (Å²) >= 11 is 3.83. The minimum atomic E-state index is -0.202. The molecule has 1 unspecified atom stereocenters. The van der Waals surface area contributed by atoms with Crippen LogP contribution in [0.5, 0.6) is 0 Å². The summed E-state index contributed by atoms with van der Waals surface area (Å²) in [6, 6.07) is 50.8. The Kier molecular flexibility index (Phi) is 11.0. The predicted octanol–water partition coefficient (Wildman–Crippen LogP) is 14.8. The number of aryl methyl sites for hydroxylation is 1. The highest BCUT2D eigenvalue weighted by atomic mass is 32.2. The van der Waals surface area contributed by atoms with Crippen molar-refractivity contribution in [3.63, 3.8) is 0 Å². The first-order valence-electron chi connectivity index (χ1n) is 21.1.